The van der Waals surface area contributed by atoms with Gasteiger partial charge in [-0.2, -0.15) is 0 Å². The Morgan fingerprint density at radius 1 is 1.38 bits per heavy atom. The number of carbonyl (C=O) groups is 1. The lowest BCUT2D eigenvalue weighted by molar-refractivity contribution is -0.128. The molecular formula is C20H26O. The maximum Gasteiger partial charge on any atom is 0.139 e. The summed E-state index contributed by atoms with van der Waals surface area (Å²) in [6.45, 7) is 10.6. The van der Waals surface area contributed by atoms with Crippen LogP contribution in [0.15, 0.2) is 47.6 Å². The van der Waals surface area contributed by atoms with Crippen molar-refractivity contribution in [3.05, 3.63) is 47.6 Å². The summed E-state index contributed by atoms with van der Waals surface area (Å²) in [6, 6.07) is 0. The van der Waals surface area contributed by atoms with E-state index >= 15 is 0 Å². The molecule has 0 spiro atoms. The molecule has 3 aliphatic rings. The highest BCUT2D eigenvalue weighted by Gasteiger charge is 2.53. The predicted octanol–water partition coefficient (Wildman–Crippen LogP) is 5.02. The van der Waals surface area contributed by atoms with Gasteiger partial charge in [0.15, 0.2) is 0 Å². The molecule has 0 heterocycles. The van der Waals surface area contributed by atoms with Crippen LogP contribution < -0.4 is 0 Å². The Balaban J connectivity index is 1.98. The first-order chi connectivity index (χ1) is 9.97. The van der Waals surface area contributed by atoms with E-state index in [0.717, 1.165) is 25.7 Å². The van der Waals surface area contributed by atoms with Crippen molar-refractivity contribution in [3.8, 4) is 0 Å². The zero-order valence-corrected chi connectivity index (χ0v) is 13.5. The summed E-state index contributed by atoms with van der Waals surface area (Å²) in [5.41, 5.74) is 3.97. The molecule has 21 heavy (non-hydrogen) atoms. The Bertz CT molecular complexity index is 571. The maximum atomic E-state index is 12.3. The fraction of sp³-hybridized carbons (Fsp3) is 0.550. The fourth-order valence-corrected chi connectivity index (χ4v) is 4.84. The van der Waals surface area contributed by atoms with Gasteiger partial charge >= 0.3 is 0 Å². The lowest BCUT2D eigenvalue weighted by Gasteiger charge is -2.46. The third-order valence-corrected chi connectivity index (χ3v) is 5.94. The standard InChI is InChI=1S/C20H26O/c1-5-15-14(12-13(2)3)6-7-17-16(15)10-11-20(4)18(17)8-9-19(20)21/h5-7,12,16-18H,1,8-11H2,2-4H3/t16?,17?,18?,20-/m0/s1. The minimum Gasteiger partial charge on any atom is -0.299 e. The van der Waals surface area contributed by atoms with Crippen LogP contribution in [0.25, 0.3) is 0 Å². The molecule has 3 aliphatic carbocycles. The van der Waals surface area contributed by atoms with Crippen LogP contribution in [-0.2, 0) is 4.79 Å². The van der Waals surface area contributed by atoms with E-state index in [1.807, 2.05) is 0 Å². The Morgan fingerprint density at radius 3 is 2.81 bits per heavy atom. The normalized spacial score (nSPS) is 38.0. The number of ketones is 1. The van der Waals surface area contributed by atoms with Crippen LogP contribution in [0.3, 0.4) is 0 Å². The largest absolute Gasteiger partial charge is 0.299 e. The van der Waals surface area contributed by atoms with Gasteiger partial charge in [0.05, 0.1) is 0 Å². The quantitative estimate of drug-likeness (QED) is 0.695. The van der Waals surface area contributed by atoms with Gasteiger partial charge in [-0.3, -0.25) is 4.79 Å². The molecule has 1 nitrogen and oxygen atoms in total. The van der Waals surface area contributed by atoms with Gasteiger partial charge in [0, 0.05) is 11.8 Å². The van der Waals surface area contributed by atoms with E-state index in [1.165, 1.54) is 16.7 Å². The highest BCUT2D eigenvalue weighted by Crippen LogP contribution is 2.57. The lowest BCUT2D eigenvalue weighted by atomic mass is 9.57. The first-order valence-corrected chi connectivity index (χ1v) is 8.20. The Hall–Kier alpha value is -1.37. The Morgan fingerprint density at radius 2 is 2.14 bits per heavy atom. The smallest absolute Gasteiger partial charge is 0.139 e. The van der Waals surface area contributed by atoms with Crippen molar-refractivity contribution in [1.29, 1.82) is 0 Å². The van der Waals surface area contributed by atoms with E-state index in [9.17, 15) is 4.79 Å². The molecule has 0 N–H and O–H groups in total. The molecule has 0 aromatic heterocycles. The van der Waals surface area contributed by atoms with E-state index in [2.05, 4.69) is 51.7 Å². The zero-order valence-electron chi connectivity index (χ0n) is 13.5. The summed E-state index contributed by atoms with van der Waals surface area (Å²) >= 11 is 0. The van der Waals surface area contributed by atoms with Crippen molar-refractivity contribution in [3.63, 3.8) is 0 Å². The van der Waals surface area contributed by atoms with Crippen LogP contribution >= 0.6 is 0 Å². The summed E-state index contributed by atoms with van der Waals surface area (Å²) in [4.78, 5) is 12.3. The minimum absolute atomic E-state index is 0.0637. The average Bonchev–Trinajstić information content (AvgIpc) is 2.74. The number of rotatable bonds is 2. The van der Waals surface area contributed by atoms with E-state index in [0.29, 0.717) is 23.5 Å². The highest BCUT2D eigenvalue weighted by molar-refractivity contribution is 5.87. The average molecular weight is 282 g/mol. The van der Waals surface area contributed by atoms with Crippen LogP contribution in [0.5, 0.6) is 0 Å². The molecule has 2 saturated carbocycles. The number of allylic oxidation sites excluding steroid dienone is 7. The van der Waals surface area contributed by atoms with Gasteiger partial charge in [-0.25, -0.2) is 0 Å². The first kappa shape index (κ1) is 14.6. The summed E-state index contributed by atoms with van der Waals surface area (Å²) in [6.07, 6.45) is 13.0. The fourth-order valence-electron chi connectivity index (χ4n) is 4.84. The predicted molar refractivity (Wildman–Crippen MR) is 87.8 cm³/mol. The van der Waals surface area contributed by atoms with Crippen LogP contribution in [0.1, 0.15) is 46.5 Å². The second kappa shape index (κ2) is 5.12. The van der Waals surface area contributed by atoms with Crippen molar-refractivity contribution in [2.75, 3.05) is 0 Å². The monoisotopic (exact) mass is 282 g/mol. The number of carbonyl (C=O) groups excluding carboxylic acids is 1. The number of hydrogen-bond acceptors (Lipinski definition) is 1. The van der Waals surface area contributed by atoms with Gasteiger partial charge in [0.1, 0.15) is 5.78 Å². The zero-order chi connectivity index (χ0) is 15.2. The molecule has 112 valence electrons. The molecule has 0 saturated heterocycles. The molecule has 0 radical (unpaired) electrons. The van der Waals surface area contributed by atoms with Crippen LogP contribution in [0.2, 0.25) is 0 Å². The maximum absolute atomic E-state index is 12.3. The van der Waals surface area contributed by atoms with Gasteiger partial charge in [0.2, 0.25) is 0 Å². The van der Waals surface area contributed by atoms with E-state index in [-0.39, 0.29) is 5.41 Å². The summed E-state index contributed by atoms with van der Waals surface area (Å²) in [5, 5.41) is 0. The van der Waals surface area contributed by atoms with Crippen LogP contribution in [-0.4, -0.2) is 5.78 Å². The first-order valence-electron chi connectivity index (χ1n) is 8.20. The molecule has 0 aromatic rings. The molecular weight excluding hydrogens is 256 g/mol. The number of hydrogen-bond donors (Lipinski definition) is 0. The van der Waals surface area contributed by atoms with Gasteiger partial charge in [-0.05, 0) is 62.0 Å². The van der Waals surface area contributed by atoms with Crippen LogP contribution in [0.4, 0.5) is 0 Å². The summed E-state index contributed by atoms with van der Waals surface area (Å²) < 4.78 is 0. The molecule has 4 atom stereocenters. The lowest BCUT2D eigenvalue weighted by Crippen LogP contribution is -2.42. The van der Waals surface area contributed by atoms with Gasteiger partial charge in [-0.1, -0.05) is 43.4 Å². The molecule has 0 bridgehead atoms. The number of fused-ring (bicyclic) bond motifs is 3. The van der Waals surface area contributed by atoms with Crippen molar-refractivity contribution >= 4 is 5.78 Å². The third-order valence-electron chi connectivity index (χ3n) is 5.94. The van der Waals surface area contributed by atoms with E-state index in [1.54, 1.807) is 0 Å². The summed E-state index contributed by atoms with van der Waals surface area (Å²) in [5.74, 6) is 2.11. The molecule has 0 aromatic carbocycles. The molecule has 0 amide bonds. The Kier molecular flexibility index (Phi) is 3.55. The van der Waals surface area contributed by atoms with Crippen molar-refractivity contribution < 1.29 is 4.79 Å². The second-order valence-electron chi connectivity index (χ2n) is 7.40. The van der Waals surface area contributed by atoms with Crippen molar-refractivity contribution in [2.24, 2.45) is 23.2 Å². The van der Waals surface area contributed by atoms with Crippen LogP contribution in [0, 0.1) is 23.2 Å². The van der Waals surface area contributed by atoms with Gasteiger partial charge in [-0.15, -0.1) is 0 Å². The summed E-state index contributed by atoms with van der Waals surface area (Å²) in [7, 11) is 0. The van der Waals surface area contributed by atoms with Crippen molar-refractivity contribution in [2.45, 2.75) is 46.5 Å². The van der Waals surface area contributed by atoms with Gasteiger partial charge in [0.25, 0.3) is 0 Å². The minimum atomic E-state index is -0.0637. The second-order valence-corrected chi connectivity index (χ2v) is 7.40. The Labute approximate surface area is 128 Å². The van der Waals surface area contributed by atoms with E-state index < -0.39 is 0 Å². The highest BCUT2D eigenvalue weighted by atomic mass is 16.1. The van der Waals surface area contributed by atoms with Crippen molar-refractivity contribution in [1.82, 2.24) is 0 Å². The van der Waals surface area contributed by atoms with Gasteiger partial charge < -0.3 is 0 Å². The molecule has 3 rings (SSSR count). The molecule has 1 heteroatoms. The topological polar surface area (TPSA) is 17.1 Å². The van der Waals surface area contributed by atoms with E-state index in [4.69, 9.17) is 0 Å². The number of Topliss-reactive ketones (excluding diaryl/α,β-unsaturated/α-hetero) is 1. The molecule has 3 unspecified atom stereocenters. The molecule has 0 aliphatic heterocycles. The third kappa shape index (κ3) is 2.18. The molecule has 2 fully saturated rings. The SMILES string of the molecule is C=CC1=C(C=C(C)C)C=CC2C1CC[C@]1(C)C(=O)CCC21.